The number of amides is 1. The number of nitrogens with one attached hydrogen (secondary N) is 1. The van der Waals surface area contributed by atoms with Gasteiger partial charge >= 0.3 is 0 Å². The summed E-state index contributed by atoms with van der Waals surface area (Å²) in [5.41, 5.74) is 0.507. The maximum atomic E-state index is 12.1. The van der Waals surface area contributed by atoms with E-state index in [4.69, 9.17) is 0 Å². The monoisotopic (exact) mass is 314 g/mol. The lowest BCUT2D eigenvalue weighted by atomic mass is 10.1. The highest BCUT2D eigenvalue weighted by Crippen LogP contribution is 2.16. The summed E-state index contributed by atoms with van der Waals surface area (Å²) in [5.74, 6) is -0.268. The average molecular weight is 314 g/mol. The van der Waals surface area contributed by atoms with E-state index in [0.29, 0.717) is 18.7 Å². The molecule has 0 saturated heterocycles. The van der Waals surface area contributed by atoms with Crippen LogP contribution in [-0.4, -0.2) is 44.0 Å². The Hall–Kier alpha value is -1.44. The van der Waals surface area contributed by atoms with Crippen LogP contribution in [0.4, 0.5) is 0 Å². The Bertz CT molecular complexity index is 580. The topological polar surface area (TPSA) is 86.7 Å². The van der Waals surface area contributed by atoms with E-state index in [-0.39, 0.29) is 17.3 Å². The first-order chi connectivity index (χ1) is 9.81. The molecule has 0 aromatic heterocycles. The Morgan fingerprint density at radius 3 is 2.48 bits per heavy atom. The molecule has 0 bridgehead atoms. The molecular weight excluding hydrogens is 292 g/mol. The van der Waals surface area contributed by atoms with Crippen molar-refractivity contribution < 1.29 is 18.3 Å². The molecular formula is C14H22N2O4S. The normalized spacial score (nSPS) is 13.0. The minimum Gasteiger partial charge on any atom is -0.389 e. The van der Waals surface area contributed by atoms with Crippen molar-refractivity contribution in [1.29, 1.82) is 0 Å². The van der Waals surface area contributed by atoms with E-state index in [1.54, 1.807) is 24.0 Å². The molecule has 0 saturated carbocycles. The highest BCUT2D eigenvalue weighted by atomic mass is 32.2. The second-order valence-electron chi connectivity index (χ2n) is 4.64. The van der Waals surface area contributed by atoms with Gasteiger partial charge in [-0.1, -0.05) is 12.1 Å². The Morgan fingerprint density at radius 2 is 1.95 bits per heavy atom. The molecule has 0 radical (unpaired) electrons. The maximum absolute atomic E-state index is 12.1. The molecule has 6 nitrogen and oxygen atoms in total. The molecule has 0 fully saturated rings. The Balaban J connectivity index is 2.83. The number of likely N-dealkylation sites (N-methyl/N-ethyl adjacent to an activating group) is 1. The zero-order valence-electron chi connectivity index (χ0n) is 12.5. The van der Waals surface area contributed by atoms with Crippen LogP contribution in [0.15, 0.2) is 29.2 Å². The highest BCUT2D eigenvalue weighted by Gasteiger charge is 2.18. The van der Waals surface area contributed by atoms with Gasteiger partial charge in [0.05, 0.1) is 17.5 Å². The quantitative estimate of drug-likeness (QED) is 0.782. The van der Waals surface area contributed by atoms with Gasteiger partial charge in [-0.2, -0.15) is 0 Å². The van der Waals surface area contributed by atoms with Gasteiger partial charge in [0.2, 0.25) is 15.9 Å². The minimum absolute atomic E-state index is 0.0354. The van der Waals surface area contributed by atoms with Crippen LogP contribution in [0.3, 0.4) is 0 Å². The van der Waals surface area contributed by atoms with Crippen LogP contribution in [0.25, 0.3) is 0 Å². The standard InChI is InChI=1S/C14H22N2O4S/c1-4-16(5-2)14(18)10-15-21(19,20)13-8-6-7-12(9-13)11(3)17/h6-9,11,15,17H,4-5,10H2,1-3H3. The average Bonchev–Trinajstić information content (AvgIpc) is 2.46. The van der Waals surface area contributed by atoms with Gasteiger partial charge in [0.25, 0.3) is 0 Å². The second kappa shape index (κ2) is 7.53. The third-order valence-corrected chi connectivity index (χ3v) is 4.58. The number of carbonyl (C=O) groups excluding carboxylic acids is 1. The summed E-state index contributed by atoms with van der Waals surface area (Å²) in [7, 11) is -3.77. The molecule has 0 spiro atoms. The minimum atomic E-state index is -3.77. The van der Waals surface area contributed by atoms with Gasteiger partial charge in [0.1, 0.15) is 0 Å². The fourth-order valence-corrected chi connectivity index (χ4v) is 2.90. The second-order valence-corrected chi connectivity index (χ2v) is 6.41. The smallest absolute Gasteiger partial charge is 0.241 e. The molecule has 0 aliphatic carbocycles. The molecule has 1 aromatic carbocycles. The molecule has 21 heavy (non-hydrogen) atoms. The van der Waals surface area contributed by atoms with Gasteiger partial charge in [-0.05, 0) is 38.5 Å². The molecule has 1 atom stereocenters. The SMILES string of the molecule is CCN(CC)C(=O)CNS(=O)(=O)c1cccc(C(C)O)c1. The fourth-order valence-electron chi connectivity index (χ4n) is 1.87. The predicted octanol–water partition coefficient (Wildman–Crippen LogP) is 0.887. The maximum Gasteiger partial charge on any atom is 0.241 e. The number of carbonyl (C=O) groups is 1. The fraction of sp³-hybridized carbons (Fsp3) is 0.500. The number of sulfonamides is 1. The van der Waals surface area contributed by atoms with Crippen molar-refractivity contribution in [3.8, 4) is 0 Å². The number of aliphatic hydroxyl groups excluding tert-OH is 1. The van der Waals surface area contributed by atoms with Gasteiger partial charge < -0.3 is 10.0 Å². The lowest BCUT2D eigenvalue weighted by Gasteiger charge is -2.18. The molecule has 0 aliphatic heterocycles. The van der Waals surface area contributed by atoms with Crippen LogP contribution in [0.1, 0.15) is 32.4 Å². The van der Waals surface area contributed by atoms with Crippen molar-refractivity contribution in [2.75, 3.05) is 19.6 Å². The van der Waals surface area contributed by atoms with Crippen LogP contribution < -0.4 is 4.72 Å². The van der Waals surface area contributed by atoms with Crippen LogP contribution >= 0.6 is 0 Å². The van der Waals surface area contributed by atoms with Crippen LogP contribution in [0.2, 0.25) is 0 Å². The van der Waals surface area contributed by atoms with Gasteiger partial charge in [-0.15, -0.1) is 0 Å². The summed E-state index contributed by atoms with van der Waals surface area (Å²) in [6, 6.07) is 6.03. The number of aliphatic hydroxyl groups is 1. The van der Waals surface area contributed by atoms with Crippen molar-refractivity contribution in [2.24, 2.45) is 0 Å². The molecule has 1 unspecified atom stereocenters. The summed E-state index contributed by atoms with van der Waals surface area (Å²) in [6.45, 7) is 6.03. The third kappa shape index (κ3) is 4.80. The third-order valence-electron chi connectivity index (χ3n) is 3.18. The van der Waals surface area contributed by atoms with Crippen molar-refractivity contribution in [1.82, 2.24) is 9.62 Å². The Morgan fingerprint density at radius 1 is 1.33 bits per heavy atom. The molecule has 1 aromatic rings. The number of hydrogen-bond acceptors (Lipinski definition) is 4. The Labute approximate surface area is 125 Å². The summed E-state index contributed by atoms with van der Waals surface area (Å²) in [5, 5.41) is 9.49. The van der Waals surface area contributed by atoms with Crippen LogP contribution in [-0.2, 0) is 14.8 Å². The molecule has 1 amide bonds. The van der Waals surface area contributed by atoms with Crippen molar-refractivity contribution >= 4 is 15.9 Å². The van der Waals surface area contributed by atoms with Gasteiger partial charge in [0.15, 0.2) is 0 Å². The van der Waals surface area contributed by atoms with Gasteiger partial charge in [-0.3, -0.25) is 4.79 Å². The highest BCUT2D eigenvalue weighted by molar-refractivity contribution is 7.89. The van der Waals surface area contributed by atoms with E-state index < -0.39 is 16.1 Å². The first-order valence-corrected chi connectivity index (χ1v) is 8.35. The summed E-state index contributed by atoms with van der Waals surface area (Å²) in [6.07, 6.45) is -0.752. The summed E-state index contributed by atoms with van der Waals surface area (Å²) in [4.78, 5) is 13.4. The predicted molar refractivity (Wildman–Crippen MR) is 80.2 cm³/mol. The molecule has 2 N–H and O–H groups in total. The first-order valence-electron chi connectivity index (χ1n) is 6.87. The Kier molecular flexibility index (Phi) is 6.32. The summed E-state index contributed by atoms with van der Waals surface area (Å²) >= 11 is 0. The van der Waals surface area contributed by atoms with Gasteiger partial charge in [0, 0.05) is 13.1 Å². The molecule has 7 heteroatoms. The van der Waals surface area contributed by atoms with Crippen LogP contribution in [0.5, 0.6) is 0 Å². The van der Waals surface area contributed by atoms with E-state index in [0.717, 1.165) is 0 Å². The largest absolute Gasteiger partial charge is 0.389 e. The lowest BCUT2D eigenvalue weighted by Crippen LogP contribution is -2.39. The molecule has 118 valence electrons. The zero-order chi connectivity index (χ0) is 16.0. The van der Waals surface area contributed by atoms with Crippen molar-refractivity contribution in [3.63, 3.8) is 0 Å². The van der Waals surface area contributed by atoms with E-state index in [1.165, 1.54) is 12.1 Å². The van der Waals surface area contributed by atoms with E-state index in [9.17, 15) is 18.3 Å². The lowest BCUT2D eigenvalue weighted by molar-refractivity contribution is -0.129. The van der Waals surface area contributed by atoms with E-state index >= 15 is 0 Å². The molecule has 1 rings (SSSR count). The molecule has 0 heterocycles. The number of hydrogen-bond donors (Lipinski definition) is 2. The number of benzene rings is 1. The van der Waals surface area contributed by atoms with Gasteiger partial charge in [-0.25, -0.2) is 13.1 Å². The van der Waals surface area contributed by atoms with Crippen LogP contribution in [0, 0.1) is 0 Å². The summed E-state index contributed by atoms with van der Waals surface area (Å²) < 4.78 is 26.6. The van der Waals surface area contributed by atoms with E-state index in [1.807, 2.05) is 13.8 Å². The molecule has 0 aliphatic rings. The van der Waals surface area contributed by atoms with Crippen molar-refractivity contribution in [2.45, 2.75) is 31.8 Å². The first kappa shape index (κ1) is 17.6. The van der Waals surface area contributed by atoms with E-state index in [2.05, 4.69) is 4.72 Å². The zero-order valence-corrected chi connectivity index (χ0v) is 13.4. The van der Waals surface area contributed by atoms with Crippen molar-refractivity contribution in [3.05, 3.63) is 29.8 Å². The number of nitrogens with zero attached hydrogens (tertiary/aromatic N) is 1. The number of rotatable bonds is 7.